The molecule has 1 aromatic rings. The second kappa shape index (κ2) is 3.87. The number of aliphatic hydroxyl groups excluding tert-OH is 1. The van der Waals surface area contributed by atoms with Gasteiger partial charge in [-0.2, -0.15) is 0 Å². The molecule has 0 saturated carbocycles. The Morgan fingerprint density at radius 1 is 1.60 bits per heavy atom. The van der Waals surface area contributed by atoms with Crippen LogP contribution < -0.4 is 0 Å². The van der Waals surface area contributed by atoms with Gasteiger partial charge in [-0.3, -0.25) is 4.98 Å². The molecule has 0 aromatic carbocycles. The molecule has 1 saturated heterocycles. The van der Waals surface area contributed by atoms with Gasteiger partial charge in [-0.15, -0.1) is 0 Å². The molecule has 4 heteroatoms. The second-order valence-corrected chi connectivity index (χ2v) is 4.12. The molecule has 2 atom stereocenters. The first-order chi connectivity index (χ1) is 7.10. The van der Waals surface area contributed by atoms with E-state index in [9.17, 15) is 9.50 Å². The third-order valence-electron chi connectivity index (χ3n) is 2.81. The van der Waals surface area contributed by atoms with Gasteiger partial charge in [0.15, 0.2) is 0 Å². The summed E-state index contributed by atoms with van der Waals surface area (Å²) in [4.78, 5) is 3.79. The van der Waals surface area contributed by atoms with Crippen molar-refractivity contribution in [2.75, 3.05) is 6.61 Å². The van der Waals surface area contributed by atoms with Crippen LogP contribution in [0, 0.1) is 5.82 Å². The highest BCUT2D eigenvalue weighted by Crippen LogP contribution is 2.34. The summed E-state index contributed by atoms with van der Waals surface area (Å²) in [6.07, 6.45) is 3.48. The predicted molar refractivity (Wildman–Crippen MR) is 52.7 cm³/mol. The summed E-state index contributed by atoms with van der Waals surface area (Å²) in [7, 11) is 0. The quantitative estimate of drug-likeness (QED) is 0.767. The van der Waals surface area contributed by atoms with Crippen LogP contribution in [0.25, 0.3) is 0 Å². The molecule has 1 aromatic heterocycles. The Morgan fingerprint density at radius 2 is 2.40 bits per heavy atom. The molecule has 2 rings (SSSR count). The molecule has 1 fully saturated rings. The Labute approximate surface area is 87.9 Å². The van der Waals surface area contributed by atoms with Crippen LogP contribution in [0.15, 0.2) is 18.5 Å². The van der Waals surface area contributed by atoms with Gasteiger partial charge in [0.05, 0.1) is 24.5 Å². The Hall–Kier alpha value is -1.00. The van der Waals surface area contributed by atoms with Crippen molar-refractivity contribution >= 4 is 0 Å². The molecule has 0 spiro atoms. The first-order valence-electron chi connectivity index (χ1n) is 5.03. The highest BCUT2D eigenvalue weighted by atomic mass is 19.1. The number of ether oxygens (including phenoxy) is 1. The normalized spacial score (nSPS) is 31.5. The SMILES string of the molecule is CC1(c2cncc(F)c2)CC(O)CCO1. The van der Waals surface area contributed by atoms with Gasteiger partial charge in [0, 0.05) is 18.2 Å². The maximum absolute atomic E-state index is 13.0. The summed E-state index contributed by atoms with van der Waals surface area (Å²) in [5.74, 6) is -0.377. The van der Waals surface area contributed by atoms with Gasteiger partial charge in [0.2, 0.25) is 0 Å². The summed E-state index contributed by atoms with van der Waals surface area (Å²) in [5, 5.41) is 9.58. The Kier molecular flexibility index (Phi) is 2.71. The lowest BCUT2D eigenvalue weighted by atomic mass is 9.88. The predicted octanol–water partition coefficient (Wildman–Crippen LogP) is 1.61. The van der Waals surface area contributed by atoms with Gasteiger partial charge in [0.25, 0.3) is 0 Å². The highest BCUT2D eigenvalue weighted by molar-refractivity contribution is 5.19. The summed E-state index contributed by atoms with van der Waals surface area (Å²) >= 11 is 0. The molecule has 15 heavy (non-hydrogen) atoms. The van der Waals surface area contributed by atoms with Crippen LogP contribution in [0.4, 0.5) is 4.39 Å². The van der Waals surface area contributed by atoms with Gasteiger partial charge in [-0.05, 0) is 19.4 Å². The molecular weight excluding hydrogens is 197 g/mol. The van der Waals surface area contributed by atoms with Gasteiger partial charge < -0.3 is 9.84 Å². The average Bonchev–Trinajstić information content (AvgIpc) is 2.17. The van der Waals surface area contributed by atoms with E-state index in [0.717, 1.165) is 6.20 Å². The van der Waals surface area contributed by atoms with Gasteiger partial charge in [0.1, 0.15) is 5.82 Å². The Balaban J connectivity index is 2.28. The number of halogens is 1. The zero-order chi connectivity index (χ0) is 10.9. The van der Waals surface area contributed by atoms with E-state index < -0.39 is 5.60 Å². The van der Waals surface area contributed by atoms with Crippen LogP contribution in [0.5, 0.6) is 0 Å². The summed E-state index contributed by atoms with van der Waals surface area (Å²) in [5.41, 5.74) is 0.0634. The van der Waals surface area contributed by atoms with Crippen LogP contribution in [0.3, 0.4) is 0 Å². The van der Waals surface area contributed by atoms with Crippen molar-refractivity contribution in [2.45, 2.75) is 31.5 Å². The molecule has 0 aliphatic carbocycles. The largest absolute Gasteiger partial charge is 0.393 e. The van der Waals surface area contributed by atoms with E-state index in [4.69, 9.17) is 4.74 Å². The third-order valence-corrected chi connectivity index (χ3v) is 2.81. The molecular formula is C11H14FNO2. The van der Waals surface area contributed by atoms with Crippen molar-refractivity contribution in [2.24, 2.45) is 0 Å². The minimum absolute atomic E-state index is 0.377. The fourth-order valence-corrected chi connectivity index (χ4v) is 1.93. The van der Waals surface area contributed by atoms with E-state index in [1.807, 2.05) is 6.92 Å². The lowest BCUT2D eigenvalue weighted by Gasteiger charge is -2.36. The monoisotopic (exact) mass is 211 g/mol. The molecule has 82 valence electrons. The van der Waals surface area contributed by atoms with Crippen LogP contribution in [-0.4, -0.2) is 22.8 Å². The van der Waals surface area contributed by atoms with Crippen molar-refractivity contribution in [3.63, 3.8) is 0 Å². The van der Waals surface area contributed by atoms with Crippen molar-refractivity contribution in [1.82, 2.24) is 4.98 Å². The van der Waals surface area contributed by atoms with Crippen molar-refractivity contribution < 1.29 is 14.2 Å². The zero-order valence-corrected chi connectivity index (χ0v) is 8.61. The molecule has 1 aliphatic rings. The standard InChI is InChI=1S/C11H14FNO2/c1-11(5-10(14)2-3-15-11)8-4-9(12)7-13-6-8/h4,6-7,10,14H,2-3,5H2,1H3. The second-order valence-electron chi connectivity index (χ2n) is 4.12. The first kappa shape index (κ1) is 10.5. The van der Waals surface area contributed by atoms with Crippen LogP contribution in [0.1, 0.15) is 25.3 Å². The number of aromatic nitrogens is 1. The molecule has 2 unspecified atom stereocenters. The van der Waals surface area contributed by atoms with E-state index in [0.29, 0.717) is 25.0 Å². The fourth-order valence-electron chi connectivity index (χ4n) is 1.93. The minimum Gasteiger partial charge on any atom is -0.393 e. The molecule has 0 amide bonds. The Morgan fingerprint density at radius 3 is 3.07 bits per heavy atom. The lowest BCUT2D eigenvalue weighted by Crippen LogP contribution is -2.37. The highest BCUT2D eigenvalue weighted by Gasteiger charge is 2.34. The van der Waals surface area contributed by atoms with E-state index in [1.165, 1.54) is 6.07 Å². The number of hydrogen-bond acceptors (Lipinski definition) is 3. The summed E-state index contributed by atoms with van der Waals surface area (Å²) in [6, 6.07) is 1.41. The van der Waals surface area contributed by atoms with Crippen LogP contribution in [-0.2, 0) is 10.3 Å². The number of pyridine rings is 1. The third kappa shape index (κ3) is 2.16. The van der Waals surface area contributed by atoms with Crippen LogP contribution >= 0.6 is 0 Å². The maximum atomic E-state index is 13.0. The molecule has 1 N–H and O–H groups in total. The van der Waals surface area contributed by atoms with Gasteiger partial charge in [-0.25, -0.2) is 4.39 Å². The van der Waals surface area contributed by atoms with E-state index in [-0.39, 0.29) is 11.9 Å². The zero-order valence-electron chi connectivity index (χ0n) is 8.61. The molecule has 1 aliphatic heterocycles. The van der Waals surface area contributed by atoms with E-state index in [2.05, 4.69) is 4.98 Å². The van der Waals surface area contributed by atoms with Crippen molar-refractivity contribution in [3.05, 3.63) is 29.8 Å². The summed E-state index contributed by atoms with van der Waals surface area (Å²) in [6.45, 7) is 2.35. The number of aliphatic hydroxyl groups is 1. The topological polar surface area (TPSA) is 42.4 Å². The molecule has 2 heterocycles. The van der Waals surface area contributed by atoms with Crippen LogP contribution in [0.2, 0.25) is 0 Å². The van der Waals surface area contributed by atoms with Crippen molar-refractivity contribution in [1.29, 1.82) is 0 Å². The lowest BCUT2D eigenvalue weighted by molar-refractivity contribution is -0.112. The fraction of sp³-hybridized carbons (Fsp3) is 0.545. The van der Waals surface area contributed by atoms with Gasteiger partial charge >= 0.3 is 0 Å². The maximum Gasteiger partial charge on any atom is 0.141 e. The Bertz CT molecular complexity index is 358. The number of nitrogens with zero attached hydrogens (tertiary/aromatic N) is 1. The molecule has 0 radical (unpaired) electrons. The van der Waals surface area contributed by atoms with Crippen molar-refractivity contribution in [3.8, 4) is 0 Å². The van der Waals surface area contributed by atoms with E-state index >= 15 is 0 Å². The minimum atomic E-state index is -0.618. The van der Waals surface area contributed by atoms with E-state index in [1.54, 1.807) is 6.20 Å². The van der Waals surface area contributed by atoms with Gasteiger partial charge in [-0.1, -0.05) is 0 Å². The molecule has 3 nitrogen and oxygen atoms in total. The molecule has 0 bridgehead atoms. The number of hydrogen-bond donors (Lipinski definition) is 1. The average molecular weight is 211 g/mol. The number of rotatable bonds is 1. The smallest absolute Gasteiger partial charge is 0.141 e. The first-order valence-corrected chi connectivity index (χ1v) is 5.03. The summed E-state index contributed by atoms with van der Waals surface area (Å²) < 4.78 is 18.6.